The molecule has 0 aliphatic carbocycles. The van der Waals surface area contributed by atoms with Gasteiger partial charge in [-0.3, -0.25) is 10.1 Å². The first-order valence-electron chi connectivity index (χ1n) is 4.63. The first-order valence-corrected chi connectivity index (χ1v) is 4.63. The van der Waals surface area contributed by atoms with Crippen LogP contribution in [0.2, 0.25) is 0 Å². The van der Waals surface area contributed by atoms with Gasteiger partial charge in [0.2, 0.25) is 0 Å². The Morgan fingerprint density at radius 3 is 2.73 bits per heavy atom. The number of nitro groups is 1. The molecule has 0 heterocycles. The normalized spacial score (nSPS) is 9.73. The van der Waals surface area contributed by atoms with Gasteiger partial charge >= 0.3 is 0 Å². The van der Waals surface area contributed by atoms with Gasteiger partial charge in [-0.2, -0.15) is 0 Å². The Hall–Kier alpha value is -1.84. The van der Waals surface area contributed by atoms with E-state index in [1.54, 1.807) is 18.2 Å². The first-order chi connectivity index (χ1) is 7.06. The van der Waals surface area contributed by atoms with Gasteiger partial charge in [0.1, 0.15) is 0 Å². The van der Waals surface area contributed by atoms with Crippen LogP contribution in [-0.2, 0) is 0 Å². The molecule has 0 atom stereocenters. The van der Waals surface area contributed by atoms with Gasteiger partial charge in [0.15, 0.2) is 0 Å². The summed E-state index contributed by atoms with van der Waals surface area (Å²) in [4.78, 5) is 12.1. The minimum absolute atomic E-state index is 0.128. The van der Waals surface area contributed by atoms with E-state index in [4.69, 9.17) is 0 Å². The smallest absolute Gasteiger partial charge is 0.269 e. The van der Waals surface area contributed by atoms with Crippen molar-refractivity contribution in [2.24, 2.45) is 0 Å². The Balaban J connectivity index is 3.02. The van der Waals surface area contributed by atoms with Crippen LogP contribution in [0.15, 0.2) is 30.9 Å². The Morgan fingerprint density at radius 1 is 1.60 bits per heavy atom. The molecule has 1 aromatic carbocycles. The Kier molecular flexibility index (Phi) is 3.44. The number of rotatable bonds is 4. The van der Waals surface area contributed by atoms with Crippen LogP contribution in [0.3, 0.4) is 0 Å². The monoisotopic (exact) mass is 206 g/mol. The topological polar surface area (TPSA) is 46.4 Å². The Labute approximate surface area is 89.0 Å². The average molecular weight is 206 g/mol. The van der Waals surface area contributed by atoms with Crippen LogP contribution in [0.5, 0.6) is 0 Å². The third-order valence-electron chi connectivity index (χ3n) is 2.21. The van der Waals surface area contributed by atoms with Crippen LogP contribution in [0.1, 0.15) is 5.56 Å². The standard InChI is InChI=1S/C11H14N2O2/c1-4-7-12(3)11-6-5-10(13(14)15)8-9(11)2/h4-6,8H,1,7H2,2-3H3. The van der Waals surface area contributed by atoms with Gasteiger partial charge in [-0.05, 0) is 18.6 Å². The second kappa shape index (κ2) is 4.59. The van der Waals surface area contributed by atoms with Crippen molar-refractivity contribution in [3.63, 3.8) is 0 Å². The van der Waals surface area contributed by atoms with E-state index in [2.05, 4.69) is 6.58 Å². The van der Waals surface area contributed by atoms with Crippen molar-refractivity contribution in [2.45, 2.75) is 6.92 Å². The summed E-state index contributed by atoms with van der Waals surface area (Å²) < 4.78 is 0. The number of hydrogen-bond donors (Lipinski definition) is 0. The summed E-state index contributed by atoms with van der Waals surface area (Å²) in [7, 11) is 1.93. The molecular formula is C11H14N2O2. The molecule has 4 heteroatoms. The maximum Gasteiger partial charge on any atom is 0.269 e. The molecular weight excluding hydrogens is 192 g/mol. The lowest BCUT2D eigenvalue weighted by atomic mass is 10.1. The SMILES string of the molecule is C=CCN(C)c1ccc([N+](=O)[O-])cc1C. The lowest BCUT2D eigenvalue weighted by molar-refractivity contribution is -0.384. The highest BCUT2D eigenvalue weighted by Crippen LogP contribution is 2.23. The summed E-state index contributed by atoms with van der Waals surface area (Å²) in [5, 5.41) is 10.5. The van der Waals surface area contributed by atoms with E-state index < -0.39 is 0 Å². The second-order valence-electron chi connectivity index (χ2n) is 3.40. The van der Waals surface area contributed by atoms with Gasteiger partial charge in [0.05, 0.1) is 4.92 Å². The third-order valence-corrected chi connectivity index (χ3v) is 2.21. The van der Waals surface area contributed by atoms with Crippen molar-refractivity contribution in [3.05, 3.63) is 46.5 Å². The largest absolute Gasteiger partial charge is 0.371 e. The fourth-order valence-electron chi connectivity index (χ4n) is 1.47. The molecule has 0 bridgehead atoms. The molecule has 0 aliphatic heterocycles. The highest BCUT2D eigenvalue weighted by atomic mass is 16.6. The molecule has 0 amide bonds. The van der Waals surface area contributed by atoms with Gasteiger partial charge in [-0.1, -0.05) is 6.08 Å². The van der Waals surface area contributed by atoms with Crippen molar-refractivity contribution in [1.29, 1.82) is 0 Å². The van der Waals surface area contributed by atoms with Crippen LogP contribution in [0, 0.1) is 17.0 Å². The molecule has 0 N–H and O–H groups in total. The van der Waals surface area contributed by atoms with E-state index in [9.17, 15) is 10.1 Å². The van der Waals surface area contributed by atoms with Crippen molar-refractivity contribution in [3.8, 4) is 0 Å². The molecule has 0 fully saturated rings. The summed E-state index contributed by atoms with van der Waals surface area (Å²) in [6, 6.07) is 4.85. The van der Waals surface area contributed by atoms with E-state index in [1.165, 1.54) is 6.07 Å². The molecule has 1 aromatic rings. The molecule has 0 saturated heterocycles. The summed E-state index contributed by atoms with van der Waals surface area (Å²) in [5.41, 5.74) is 2.01. The molecule has 0 saturated carbocycles. The van der Waals surface area contributed by atoms with E-state index in [1.807, 2.05) is 18.9 Å². The fourth-order valence-corrected chi connectivity index (χ4v) is 1.47. The fraction of sp³-hybridized carbons (Fsp3) is 0.273. The van der Waals surface area contributed by atoms with E-state index >= 15 is 0 Å². The van der Waals surface area contributed by atoms with E-state index in [-0.39, 0.29) is 10.6 Å². The molecule has 0 radical (unpaired) electrons. The van der Waals surface area contributed by atoms with Crippen LogP contribution >= 0.6 is 0 Å². The van der Waals surface area contributed by atoms with Crippen molar-refractivity contribution < 1.29 is 4.92 Å². The van der Waals surface area contributed by atoms with Gasteiger partial charge in [-0.25, -0.2) is 0 Å². The number of nitro benzene ring substituents is 1. The predicted octanol–water partition coefficient (Wildman–Crippen LogP) is 2.53. The highest BCUT2D eigenvalue weighted by Gasteiger charge is 2.09. The molecule has 0 aromatic heterocycles. The maximum atomic E-state index is 10.5. The Morgan fingerprint density at radius 2 is 2.27 bits per heavy atom. The zero-order valence-electron chi connectivity index (χ0n) is 8.93. The average Bonchev–Trinajstić information content (AvgIpc) is 2.17. The minimum Gasteiger partial charge on any atom is -0.371 e. The van der Waals surface area contributed by atoms with Crippen LogP contribution in [-0.4, -0.2) is 18.5 Å². The number of likely N-dealkylation sites (N-methyl/N-ethyl adjacent to an activating group) is 1. The molecule has 1 rings (SSSR count). The molecule has 15 heavy (non-hydrogen) atoms. The summed E-state index contributed by atoms with van der Waals surface area (Å²) in [6.45, 7) is 6.24. The van der Waals surface area contributed by atoms with Crippen molar-refractivity contribution in [1.82, 2.24) is 0 Å². The molecule has 0 aliphatic rings. The van der Waals surface area contributed by atoms with Crippen LogP contribution in [0.4, 0.5) is 11.4 Å². The number of anilines is 1. The number of nitrogens with zero attached hydrogens (tertiary/aromatic N) is 2. The summed E-state index contributed by atoms with van der Waals surface area (Å²) >= 11 is 0. The Bertz CT molecular complexity index is 388. The minimum atomic E-state index is -0.385. The number of benzene rings is 1. The third kappa shape index (κ3) is 2.56. The predicted molar refractivity (Wildman–Crippen MR) is 61.3 cm³/mol. The molecule has 4 nitrogen and oxygen atoms in total. The molecule has 0 unspecified atom stereocenters. The van der Waals surface area contributed by atoms with Gasteiger partial charge in [0.25, 0.3) is 5.69 Å². The molecule has 0 spiro atoms. The van der Waals surface area contributed by atoms with E-state index in [0.717, 1.165) is 17.8 Å². The number of aryl methyl sites for hydroxylation is 1. The number of non-ortho nitro benzene ring substituents is 1. The van der Waals surface area contributed by atoms with E-state index in [0.29, 0.717) is 0 Å². The zero-order valence-corrected chi connectivity index (χ0v) is 8.93. The van der Waals surface area contributed by atoms with Gasteiger partial charge in [-0.15, -0.1) is 6.58 Å². The summed E-state index contributed by atoms with van der Waals surface area (Å²) in [6.07, 6.45) is 1.79. The van der Waals surface area contributed by atoms with Crippen LogP contribution in [0.25, 0.3) is 0 Å². The maximum absolute atomic E-state index is 10.5. The lowest BCUT2D eigenvalue weighted by Gasteiger charge is -2.19. The van der Waals surface area contributed by atoms with Crippen molar-refractivity contribution >= 4 is 11.4 Å². The zero-order chi connectivity index (χ0) is 11.4. The quantitative estimate of drug-likeness (QED) is 0.432. The summed E-state index contributed by atoms with van der Waals surface area (Å²) in [5.74, 6) is 0. The lowest BCUT2D eigenvalue weighted by Crippen LogP contribution is -2.17. The van der Waals surface area contributed by atoms with Gasteiger partial charge < -0.3 is 4.90 Å². The van der Waals surface area contributed by atoms with Gasteiger partial charge in [0, 0.05) is 31.4 Å². The van der Waals surface area contributed by atoms with Crippen molar-refractivity contribution in [2.75, 3.05) is 18.5 Å². The second-order valence-corrected chi connectivity index (χ2v) is 3.40. The highest BCUT2D eigenvalue weighted by molar-refractivity contribution is 5.57. The first kappa shape index (κ1) is 11.2. The number of hydrogen-bond acceptors (Lipinski definition) is 3. The molecule has 80 valence electrons. The van der Waals surface area contributed by atoms with Crippen LogP contribution < -0.4 is 4.90 Å².